The number of hydrogen-bond donors (Lipinski definition) is 1. The van der Waals surface area contributed by atoms with Crippen molar-refractivity contribution >= 4 is 11.9 Å². The number of nitrogens with zero attached hydrogens (tertiary/aromatic N) is 1. The van der Waals surface area contributed by atoms with E-state index in [9.17, 15) is 9.59 Å². The number of amides is 1. The van der Waals surface area contributed by atoms with Crippen LogP contribution in [0.25, 0.3) is 0 Å². The van der Waals surface area contributed by atoms with Crippen molar-refractivity contribution in [1.29, 1.82) is 0 Å². The molecule has 0 radical (unpaired) electrons. The normalized spacial score (nSPS) is 10.4. The molecule has 0 aliphatic rings. The number of hydrogen-bond acceptors (Lipinski definition) is 6. The summed E-state index contributed by atoms with van der Waals surface area (Å²) < 4.78 is 15.3. The highest BCUT2D eigenvalue weighted by atomic mass is 16.5. The quantitative estimate of drug-likeness (QED) is 0.583. The molecule has 0 aliphatic heterocycles. The van der Waals surface area contributed by atoms with Crippen LogP contribution in [0.1, 0.15) is 40.2 Å². The van der Waals surface area contributed by atoms with Crippen molar-refractivity contribution in [3.8, 4) is 5.75 Å². The van der Waals surface area contributed by atoms with Gasteiger partial charge in [0.1, 0.15) is 18.1 Å². The Labute approximate surface area is 146 Å². The predicted octanol–water partition coefficient (Wildman–Crippen LogP) is 2.55. The minimum Gasteiger partial charge on any atom is -0.489 e. The van der Waals surface area contributed by atoms with Gasteiger partial charge in [0.2, 0.25) is 0 Å². The maximum atomic E-state index is 12.0. The van der Waals surface area contributed by atoms with Crippen LogP contribution in [0.4, 0.5) is 0 Å². The monoisotopic (exact) mass is 346 g/mol. The first-order valence-electron chi connectivity index (χ1n) is 8.01. The van der Waals surface area contributed by atoms with Gasteiger partial charge in [-0.2, -0.15) is 0 Å². The van der Waals surface area contributed by atoms with E-state index in [1.54, 1.807) is 24.3 Å². The van der Waals surface area contributed by atoms with Gasteiger partial charge in [0.05, 0.1) is 18.4 Å². The van der Waals surface area contributed by atoms with Gasteiger partial charge in [0.15, 0.2) is 0 Å². The van der Waals surface area contributed by atoms with Gasteiger partial charge in [-0.25, -0.2) is 0 Å². The summed E-state index contributed by atoms with van der Waals surface area (Å²) in [6.07, 6.45) is 0.822. The molecule has 134 valence electrons. The maximum Gasteiger partial charge on any atom is 0.305 e. The average molecular weight is 346 g/mol. The molecule has 7 heteroatoms. The van der Waals surface area contributed by atoms with E-state index in [0.717, 1.165) is 17.0 Å². The molecule has 1 aromatic carbocycles. The predicted molar refractivity (Wildman–Crippen MR) is 90.3 cm³/mol. The lowest BCUT2D eigenvalue weighted by Gasteiger charge is -2.08. The lowest BCUT2D eigenvalue weighted by atomic mass is 10.2. The minimum atomic E-state index is -0.283. The van der Waals surface area contributed by atoms with E-state index in [2.05, 4.69) is 15.2 Å². The molecule has 2 aromatic rings. The highest BCUT2D eigenvalue weighted by molar-refractivity contribution is 5.94. The van der Waals surface area contributed by atoms with Crippen molar-refractivity contribution in [1.82, 2.24) is 10.5 Å². The van der Waals surface area contributed by atoms with E-state index in [4.69, 9.17) is 9.26 Å². The SMILES string of the molecule is COC(=O)CCCNC(=O)c1ccc(OCc2c(C)noc2C)cc1. The Hall–Kier alpha value is -2.83. The molecule has 1 heterocycles. The number of ether oxygens (including phenoxy) is 2. The third-order valence-electron chi connectivity index (χ3n) is 3.75. The number of aromatic nitrogens is 1. The molecular weight excluding hydrogens is 324 g/mol. The summed E-state index contributed by atoms with van der Waals surface area (Å²) in [5.41, 5.74) is 2.26. The summed E-state index contributed by atoms with van der Waals surface area (Å²) in [7, 11) is 1.34. The van der Waals surface area contributed by atoms with Gasteiger partial charge in [0.25, 0.3) is 5.91 Å². The van der Waals surface area contributed by atoms with E-state index in [-0.39, 0.29) is 18.3 Å². The highest BCUT2D eigenvalue weighted by Gasteiger charge is 2.10. The molecule has 0 bridgehead atoms. The number of methoxy groups -OCH3 is 1. The fraction of sp³-hybridized carbons (Fsp3) is 0.389. The number of esters is 1. The molecule has 0 unspecified atom stereocenters. The van der Waals surface area contributed by atoms with Crippen LogP contribution in [0.2, 0.25) is 0 Å². The molecule has 2 rings (SSSR count). The molecule has 1 N–H and O–H groups in total. The molecule has 25 heavy (non-hydrogen) atoms. The second-order valence-corrected chi connectivity index (χ2v) is 5.55. The fourth-order valence-corrected chi connectivity index (χ4v) is 2.20. The van der Waals surface area contributed by atoms with Crippen molar-refractivity contribution in [2.45, 2.75) is 33.3 Å². The molecule has 7 nitrogen and oxygen atoms in total. The first-order valence-corrected chi connectivity index (χ1v) is 8.01. The van der Waals surface area contributed by atoms with Crippen LogP contribution >= 0.6 is 0 Å². The summed E-state index contributed by atoms with van der Waals surface area (Å²) in [5, 5.41) is 6.64. The first kappa shape index (κ1) is 18.5. The number of carbonyl (C=O) groups excluding carboxylic acids is 2. The smallest absolute Gasteiger partial charge is 0.305 e. The summed E-state index contributed by atoms with van der Waals surface area (Å²) >= 11 is 0. The molecule has 0 aliphatic carbocycles. The van der Waals surface area contributed by atoms with E-state index >= 15 is 0 Å². The molecule has 0 fully saturated rings. The number of benzene rings is 1. The molecule has 0 saturated carbocycles. The topological polar surface area (TPSA) is 90.7 Å². The molecule has 0 spiro atoms. The van der Waals surface area contributed by atoms with Gasteiger partial charge in [-0.15, -0.1) is 0 Å². The molecule has 0 saturated heterocycles. The van der Waals surface area contributed by atoms with Gasteiger partial charge in [-0.1, -0.05) is 5.16 Å². The zero-order valence-corrected chi connectivity index (χ0v) is 14.6. The van der Waals surface area contributed by atoms with Gasteiger partial charge < -0.3 is 19.3 Å². The van der Waals surface area contributed by atoms with Crippen LogP contribution in [0.5, 0.6) is 5.75 Å². The second kappa shape index (κ2) is 8.86. The Bertz CT molecular complexity index is 702. The molecule has 1 amide bonds. The number of carbonyl (C=O) groups is 2. The van der Waals surface area contributed by atoms with E-state index in [1.807, 2.05) is 13.8 Å². The van der Waals surface area contributed by atoms with Crippen LogP contribution in [0.15, 0.2) is 28.8 Å². The average Bonchev–Trinajstić information content (AvgIpc) is 2.95. The lowest BCUT2D eigenvalue weighted by molar-refractivity contribution is -0.140. The highest BCUT2D eigenvalue weighted by Crippen LogP contribution is 2.18. The van der Waals surface area contributed by atoms with Crippen molar-refractivity contribution in [2.75, 3.05) is 13.7 Å². The van der Waals surface area contributed by atoms with Gasteiger partial charge in [0, 0.05) is 18.5 Å². The number of nitrogens with one attached hydrogen (secondary N) is 1. The van der Waals surface area contributed by atoms with Crippen molar-refractivity contribution < 1.29 is 23.6 Å². The lowest BCUT2D eigenvalue weighted by Crippen LogP contribution is -2.24. The van der Waals surface area contributed by atoms with E-state index in [0.29, 0.717) is 30.9 Å². The Morgan fingerprint density at radius 1 is 1.20 bits per heavy atom. The molecule has 0 atom stereocenters. The Morgan fingerprint density at radius 2 is 1.92 bits per heavy atom. The van der Waals surface area contributed by atoms with E-state index < -0.39 is 0 Å². The van der Waals surface area contributed by atoms with Crippen molar-refractivity contribution in [3.63, 3.8) is 0 Å². The third kappa shape index (κ3) is 5.34. The van der Waals surface area contributed by atoms with Gasteiger partial charge in [-0.3, -0.25) is 9.59 Å². The van der Waals surface area contributed by atoms with Crippen LogP contribution in [-0.4, -0.2) is 30.7 Å². The Balaban J connectivity index is 1.80. The van der Waals surface area contributed by atoms with Crippen LogP contribution in [0, 0.1) is 13.8 Å². The van der Waals surface area contributed by atoms with Crippen LogP contribution < -0.4 is 10.1 Å². The van der Waals surface area contributed by atoms with E-state index in [1.165, 1.54) is 7.11 Å². The maximum absolute atomic E-state index is 12.0. The van der Waals surface area contributed by atoms with Crippen molar-refractivity contribution in [2.24, 2.45) is 0 Å². The number of aryl methyl sites for hydroxylation is 2. The van der Waals surface area contributed by atoms with Crippen molar-refractivity contribution in [3.05, 3.63) is 46.8 Å². The molecular formula is C18H22N2O5. The minimum absolute atomic E-state index is 0.192. The Morgan fingerprint density at radius 3 is 2.52 bits per heavy atom. The largest absolute Gasteiger partial charge is 0.489 e. The first-order chi connectivity index (χ1) is 12.0. The Kier molecular flexibility index (Phi) is 6.56. The summed E-state index contributed by atoms with van der Waals surface area (Å²) in [4.78, 5) is 23.0. The zero-order chi connectivity index (χ0) is 18.2. The fourth-order valence-electron chi connectivity index (χ4n) is 2.20. The third-order valence-corrected chi connectivity index (χ3v) is 3.75. The summed E-state index contributed by atoms with van der Waals surface area (Å²) in [6.45, 7) is 4.48. The standard InChI is InChI=1S/C18H22N2O5/c1-12-16(13(2)25-20-12)11-24-15-8-6-14(7-9-15)18(22)19-10-4-5-17(21)23-3/h6-9H,4-5,10-11H2,1-3H3,(H,19,22). The second-order valence-electron chi connectivity index (χ2n) is 5.55. The summed E-state index contributed by atoms with van der Waals surface area (Å²) in [6, 6.07) is 6.86. The van der Waals surface area contributed by atoms with Gasteiger partial charge in [-0.05, 0) is 44.5 Å². The summed E-state index contributed by atoms with van der Waals surface area (Å²) in [5.74, 6) is 0.916. The number of rotatable bonds is 8. The van der Waals surface area contributed by atoms with Gasteiger partial charge >= 0.3 is 5.97 Å². The van der Waals surface area contributed by atoms with Crippen LogP contribution in [0.3, 0.4) is 0 Å². The molecule has 1 aromatic heterocycles. The van der Waals surface area contributed by atoms with Crippen LogP contribution in [-0.2, 0) is 16.1 Å². The zero-order valence-electron chi connectivity index (χ0n) is 14.6.